The van der Waals surface area contributed by atoms with E-state index in [-0.39, 0.29) is 18.3 Å². The van der Waals surface area contributed by atoms with E-state index in [2.05, 4.69) is 20.5 Å². The van der Waals surface area contributed by atoms with Crippen LogP contribution < -0.4 is 11.1 Å². The quantitative estimate of drug-likeness (QED) is 0.554. The fourth-order valence-corrected chi connectivity index (χ4v) is 3.81. The van der Waals surface area contributed by atoms with Gasteiger partial charge in [-0.15, -0.1) is 0 Å². The number of carbonyl (C=O) groups is 1. The average Bonchev–Trinajstić information content (AvgIpc) is 3.25. The molecule has 0 saturated carbocycles. The van der Waals surface area contributed by atoms with E-state index in [9.17, 15) is 9.18 Å². The second-order valence-electron chi connectivity index (χ2n) is 6.14. The van der Waals surface area contributed by atoms with Gasteiger partial charge in [-0.1, -0.05) is 11.8 Å². The van der Waals surface area contributed by atoms with Gasteiger partial charge in [-0.2, -0.15) is 5.10 Å². The van der Waals surface area contributed by atoms with E-state index in [1.807, 2.05) is 24.6 Å². The van der Waals surface area contributed by atoms with E-state index >= 15 is 0 Å². The molecule has 0 fully saturated rings. The second-order valence-corrected chi connectivity index (χ2v) is 7.25. The summed E-state index contributed by atoms with van der Waals surface area (Å²) in [5, 5.41) is 10.0. The number of nitrogens with one attached hydrogen (secondary N) is 2. The molecule has 28 heavy (non-hydrogen) atoms. The average molecular weight is 400 g/mol. The monoisotopic (exact) mass is 400 g/mol. The third-order valence-electron chi connectivity index (χ3n) is 4.43. The molecule has 0 aliphatic rings. The molecule has 2 heterocycles. The molecule has 0 unspecified atom stereocenters. The largest absolute Gasteiger partial charge is 0.405 e. The third kappa shape index (κ3) is 3.94. The summed E-state index contributed by atoms with van der Waals surface area (Å²) in [4.78, 5) is 18.2. The molecule has 0 aliphatic carbocycles. The summed E-state index contributed by atoms with van der Waals surface area (Å²) in [6.45, 7) is 2.19. The van der Waals surface area contributed by atoms with Gasteiger partial charge in [0.05, 0.1) is 18.5 Å². The van der Waals surface area contributed by atoms with Crippen LogP contribution in [0.2, 0.25) is 0 Å². The number of H-pyrrole nitrogens is 1. The Labute approximate surface area is 165 Å². The van der Waals surface area contributed by atoms with Crippen molar-refractivity contribution in [3.63, 3.8) is 0 Å². The molecule has 7 nitrogen and oxygen atoms in total. The summed E-state index contributed by atoms with van der Waals surface area (Å²) >= 11 is 1.40. The van der Waals surface area contributed by atoms with Crippen molar-refractivity contribution in [1.82, 2.24) is 20.1 Å². The zero-order valence-electron chi connectivity index (χ0n) is 15.8. The summed E-state index contributed by atoms with van der Waals surface area (Å²) < 4.78 is 16.0. The van der Waals surface area contributed by atoms with Gasteiger partial charge in [-0.3, -0.25) is 14.9 Å². The van der Waals surface area contributed by atoms with Gasteiger partial charge < -0.3 is 15.6 Å². The Hall–Kier alpha value is -3.07. The Kier molecular flexibility index (Phi) is 5.84. The fraction of sp³-hybridized carbons (Fsp3) is 0.211. The number of aromatic nitrogens is 3. The highest BCUT2D eigenvalue weighted by atomic mass is 32.2. The predicted octanol–water partition coefficient (Wildman–Crippen LogP) is 2.77. The van der Waals surface area contributed by atoms with Crippen LogP contribution >= 0.6 is 11.8 Å². The number of nitrogens with zero attached hydrogens (tertiary/aromatic N) is 3. The molecule has 1 amide bonds. The summed E-state index contributed by atoms with van der Waals surface area (Å²) in [5.41, 5.74) is 7.84. The normalized spacial score (nSPS) is 12.2. The Morgan fingerprint density at radius 1 is 1.46 bits per heavy atom. The standard InChI is InChI=1S/C19H21FN6OS/c1-11-17(28-14-6-12-9-24-25-18(12)15(20)7-14)8-16(26(11)3)19(27)23-10-13(22-2)4-5-21/h4-9H,10,21H2,1-3H3,(H,23,27)(H,24,25)/b5-4-,22-13?. The number of halogens is 1. The smallest absolute Gasteiger partial charge is 0.268 e. The summed E-state index contributed by atoms with van der Waals surface area (Å²) in [6.07, 6.45) is 4.60. The number of amides is 1. The lowest BCUT2D eigenvalue weighted by atomic mass is 10.2. The van der Waals surface area contributed by atoms with Gasteiger partial charge >= 0.3 is 0 Å². The number of fused-ring (bicyclic) bond motifs is 1. The molecular formula is C19H21FN6OS. The number of rotatable bonds is 6. The highest BCUT2D eigenvalue weighted by Gasteiger charge is 2.17. The third-order valence-corrected chi connectivity index (χ3v) is 5.53. The van der Waals surface area contributed by atoms with E-state index in [0.717, 1.165) is 15.5 Å². The summed E-state index contributed by atoms with van der Waals surface area (Å²) in [7, 11) is 3.46. The van der Waals surface area contributed by atoms with Crippen molar-refractivity contribution < 1.29 is 9.18 Å². The van der Waals surface area contributed by atoms with E-state index in [4.69, 9.17) is 5.73 Å². The van der Waals surface area contributed by atoms with Crippen molar-refractivity contribution in [3.8, 4) is 0 Å². The van der Waals surface area contributed by atoms with E-state index in [1.54, 1.807) is 25.4 Å². The molecular weight excluding hydrogens is 379 g/mol. The molecule has 9 heteroatoms. The highest BCUT2D eigenvalue weighted by molar-refractivity contribution is 7.99. The first-order valence-electron chi connectivity index (χ1n) is 8.53. The topological polar surface area (TPSA) is 101 Å². The van der Waals surface area contributed by atoms with Crippen LogP contribution in [0, 0.1) is 12.7 Å². The van der Waals surface area contributed by atoms with Crippen molar-refractivity contribution in [2.24, 2.45) is 17.8 Å². The first kappa shape index (κ1) is 19.7. The number of hydrogen-bond donors (Lipinski definition) is 3. The van der Waals surface area contributed by atoms with Crippen LogP contribution in [0.15, 0.2) is 51.5 Å². The molecule has 0 radical (unpaired) electrons. The molecule has 0 saturated heterocycles. The maximum atomic E-state index is 14.2. The Morgan fingerprint density at radius 3 is 2.96 bits per heavy atom. The van der Waals surface area contributed by atoms with Gasteiger partial charge in [-0.05, 0) is 37.4 Å². The van der Waals surface area contributed by atoms with Crippen LogP contribution in [0.25, 0.3) is 10.9 Å². The Balaban J connectivity index is 1.81. The highest BCUT2D eigenvalue weighted by Crippen LogP contribution is 2.34. The van der Waals surface area contributed by atoms with E-state index in [1.165, 1.54) is 24.0 Å². The minimum absolute atomic E-state index is 0.222. The van der Waals surface area contributed by atoms with Gasteiger partial charge in [0, 0.05) is 35.0 Å². The molecule has 0 bridgehead atoms. The minimum Gasteiger partial charge on any atom is -0.405 e. The SMILES string of the molecule is CN=C(/C=C\N)CNC(=O)c1cc(Sc2cc(F)c3[nH]ncc3c2)c(C)n1C. The number of aromatic amines is 1. The predicted molar refractivity (Wildman–Crippen MR) is 109 cm³/mol. The molecule has 4 N–H and O–H groups in total. The number of aliphatic imine (C=N–C) groups is 1. The van der Waals surface area contributed by atoms with Crippen molar-refractivity contribution in [2.45, 2.75) is 16.7 Å². The number of nitrogens with two attached hydrogens (primary N) is 1. The molecule has 0 aliphatic heterocycles. The first-order valence-corrected chi connectivity index (χ1v) is 9.35. The van der Waals surface area contributed by atoms with Crippen LogP contribution in [0.3, 0.4) is 0 Å². The lowest BCUT2D eigenvalue weighted by molar-refractivity contribution is 0.0951. The van der Waals surface area contributed by atoms with Crippen molar-refractivity contribution in [3.05, 3.63) is 53.9 Å². The second kappa shape index (κ2) is 8.30. The van der Waals surface area contributed by atoms with Gasteiger partial charge in [0.2, 0.25) is 0 Å². The maximum absolute atomic E-state index is 14.2. The van der Waals surface area contributed by atoms with Crippen molar-refractivity contribution in [2.75, 3.05) is 13.6 Å². The van der Waals surface area contributed by atoms with Gasteiger partial charge in [0.1, 0.15) is 17.0 Å². The lowest BCUT2D eigenvalue weighted by Crippen LogP contribution is -2.30. The van der Waals surface area contributed by atoms with Gasteiger partial charge in [0.25, 0.3) is 5.91 Å². The molecule has 2 aromatic heterocycles. The zero-order valence-corrected chi connectivity index (χ0v) is 16.6. The first-order chi connectivity index (χ1) is 13.4. The lowest BCUT2D eigenvalue weighted by Gasteiger charge is -2.07. The molecule has 146 valence electrons. The van der Waals surface area contributed by atoms with Crippen LogP contribution in [0.1, 0.15) is 16.2 Å². The van der Waals surface area contributed by atoms with E-state index < -0.39 is 0 Å². The molecule has 3 rings (SSSR count). The minimum atomic E-state index is -0.358. The fourth-order valence-electron chi connectivity index (χ4n) is 2.75. The molecule has 1 aromatic carbocycles. The van der Waals surface area contributed by atoms with E-state index in [0.29, 0.717) is 22.3 Å². The molecule has 0 spiro atoms. The Morgan fingerprint density at radius 2 is 2.25 bits per heavy atom. The summed E-state index contributed by atoms with van der Waals surface area (Å²) in [6, 6.07) is 5.12. The van der Waals surface area contributed by atoms with Gasteiger partial charge in [0.15, 0.2) is 0 Å². The number of carbonyl (C=O) groups excluding carboxylic acids is 1. The van der Waals surface area contributed by atoms with Crippen LogP contribution in [0.5, 0.6) is 0 Å². The van der Waals surface area contributed by atoms with Crippen molar-refractivity contribution in [1.29, 1.82) is 0 Å². The maximum Gasteiger partial charge on any atom is 0.268 e. The molecule has 3 aromatic rings. The van der Waals surface area contributed by atoms with Crippen LogP contribution in [-0.2, 0) is 7.05 Å². The van der Waals surface area contributed by atoms with Crippen molar-refractivity contribution >= 4 is 34.3 Å². The molecule has 0 atom stereocenters. The summed E-state index contributed by atoms with van der Waals surface area (Å²) in [5.74, 6) is -0.580. The Bertz CT molecular complexity index is 1080. The number of benzene rings is 1. The van der Waals surface area contributed by atoms with Gasteiger partial charge in [-0.25, -0.2) is 4.39 Å². The van der Waals surface area contributed by atoms with Crippen LogP contribution in [0.4, 0.5) is 4.39 Å². The van der Waals surface area contributed by atoms with Crippen LogP contribution in [-0.4, -0.2) is 40.0 Å². The zero-order chi connectivity index (χ0) is 20.3. The number of hydrogen-bond acceptors (Lipinski definition) is 5.